The maximum Gasteiger partial charge on any atom is 0.118 e. The molecule has 0 fully saturated rings. The molecule has 1 rings (SSSR count). The van der Waals surface area contributed by atoms with Crippen LogP contribution in [-0.4, -0.2) is 19.7 Å². The van der Waals surface area contributed by atoms with Gasteiger partial charge in [0.25, 0.3) is 0 Å². The van der Waals surface area contributed by atoms with Crippen LogP contribution < -0.4 is 10.1 Å². The highest BCUT2D eigenvalue weighted by atomic mass is 16.5. The molecular formula is C15H23NO. The summed E-state index contributed by atoms with van der Waals surface area (Å²) < 4.78 is 5.14. The normalized spacial score (nSPS) is 12.0. The largest absolute Gasteiger partial charge is 0.497 e. The highest BCUT2D eigenvalue weighted by Gasteiger charge is 2.02. The lowest BCUT2D eigenvalue weighted by Crippen LogP contribution is -2.28. The van der Waals surface area contributed by atoms with Gasteiger partial charge >= 0.3 is 0 Å². The molecule has 0 saturated carbocycles. The lowest BCUT2D eigenvalue weighted by molar-refractivity contribution is 0.414. The number of allylic oxidation sites excluding steroid dienone is 1. The van der Waals surface area contributed by atoms with Gasteiger partial charge in [-0.2, -0.15) is 0 Å². The highest BCUT2D eigenvalue weighted by molar-refractivity contribution is 5.27. The minimum absolute atomic E-state index is 0.485. The first-order valence-electron chi connectivity index (χ1n) is 6.11. The summed E-state index contributed by atoms with van der Waals surface area (Å²) in [6, 6.07) is 8.76. The Labute approximate surface area is 105 Å². The molecule has 0 heterocycles. The van der Waals surface area contributed by atoms with Crippen molar-refractivity contribution in [3.8, 4) is 5.75 Å². The Morgan fingerprint density at radius 2 is 1.94 bits per heavy atom. The molecule has 17 heavy (non-hydrogen) atoms. The number of methoxy groups -OCH3 is 1. The molecule has 0 bridgehead atoms. The van der Waals surface area contributed by atoms with Crippen molar-refractivity contribution in [2.24, 2.45) is 0 Å². The topological polar surface area (TPSA) is 21.3 Å². The molecule has 2 nitrogen and oxygen atoms in total. The van der Waals surface area contributed by atoms with Crippen molar-refractivity contribution in [3.05, 3.63) is 41.5 Å². The summed E-state index contributed by atoms with van der Waals surface area (Å²) in [6.45, 7) is 7.40. The highest BCUT2D eigenvalue weighted by Crippen LogP contribution is 2.12. The van der Waals surface area contributed by atoms with Crippen LogP contribution in [-0.2, 0) is 6.42 Å². The van der Waals surface area contributed by atoms with E-state index in [2.05, 4.69) is 44.3 Å². The van der Waals surface area contributed by atoms with E-state index in [9.17, 15) is 0 Å². The Hall–Kier alpha value is -1.28. The second-order valence-corrected chi connectivity index (χ2v) is 4.64. The average molecular weight is 233 g/mol. The van der Waals surface area contributed by atoms with Gasteiger partial charge in [0.15, 0.2) is 0 Å². The van der Waals surface area contributed by atoms with Gasteiger partial charge < -0.3 is 10.1 Å². The molecule has 0 aromatic heterocycles. The van der Waals surface area contributed by atoms with E-state index in [0.717, 1.165) is 18.7 Å². The monoisotopic (exact) mass is 233 g/mol. The zero-order valence-electron chi connectivity index (χ0n) is 11.3. The molecule has 1 unspecified atom stereocenters. The summed E-state index contributed by atoms with van der Waals surface area (Å²) in [5.41, 5.74) is 2.69. The zero-order chi connectivity index (χ0) is 12.7. The van der Waals surface area contributed by atoms with Gasteiger partial charge in [-0.05, 0) is 44.9 Å². The van der Waals surface area contributed by atoms with Crippen LogP contribution in [0.3, 0.4) is 0 Å². The first-order chi connectivity index (χ1) is 8.11. The fourth-order valence-electron chi connectivity index (χ4n) is 1.65. The summed E-state index contributed by atoms with van der Waals surface area (Å²) in [6.07, 6.45) is 3.26. The van der Waals surface area contributed by atoms with Crippen LogP contribution in [0.25, 0.3) is 0 Å². The number of hydrogen-bond donors (Lipinski definition) is 1. The molecule has 1 aromatic carbocycles. The molecule has 0 saturated heterocycles. The van der Waals surface area contributed by atoms with Gasteiger partial charge in [0.2, 0.25) is 0 Å². The van der Waals surface area contributed by atoms with E-state index in [4.69, 9.17) is 4.74 Å². The van der Waals surface area contributed by atoms with E-state index < -0.39 is 0 Å². The van der Waals surface area contributed by atoms with Gasteiger partial charge in [-0.1, -0.05) is 23.8 Å². The van der Waals surface area contributed by atoms with Crippen LogP contribution in [0.4, 0.5) is 0 Å². The SMILES string of the molecule is COc1ccc(CC(C)NCC=C(C)C)cc1. The fourth-order valence-corrected chi connectivity index (χ4v) is 1.65. The van der Waals surface area contributed by atoms with Crippen molar-refractivity contribution in [1.29, 1.82) is 0 Å². The second kappa shape index (κ2) is 7.13. The average Bonchev–Trinajstić information content (AvgIpc) is 2.29. The van der Waals surface area contributed by atoms with Crippen LogP contribution >= 0.6 is 0 Å². The van der Waals surface area contributed by atoms with Gasteiger partial charge in [0, 0.05) is 12.6 Å². The number of ether oxygens (including phenoxy) is 1. The minimum Gasteiger partial charge on any atom is -0.497 e. The third-order valence-corrected chi connectivity index (χ3v) is 2.68. The van der Waals surface area contributed by atoms with Crippen molar-refractivity contribution >= 4 is 0 Å². The molecule has 1 aromatic rings. The molecule has 0 aliphatic carbocycles. The van der Waals surface area contributed by atoms with E-state index in [-0.39, 0.29) is 0 Å². The van der Waals surface area contributed by atoms with E-state index in [1.54, 1.807) is 7.11 Å². The Morgan fingerprint density at radius 3 is 2.47 bits per heavy atom. The number of benzene rings is 1. The first kappa shape index (κ1) is 13.8. The second-order valence-electron chi connectivity index (χ2n) is 4.64. The van der Waals surface area contributed by atoms with Crippen molar-refractivity contribution in [1.82, 2.24) is 5.32 Å². The van der Waals surface area contributed by atoms with Gasteiger partial charge in [-0.3, -0.25) is 0 Å². The van der Waals surface area contributed by atoms with Gasteiger partial charge in [0.05, 0.1) is 7.11 Å². The maximum absolute atomic E-state index is 5.14. The fraction of sp³-hybridized carbons (Fsp3) is 0.467. The summed E-state index contributed by atoms with van der Waals surface area (Å²) in [4.78, 5) is 0. The van der Waals surface area contributed by atoms with E-state index in [1.807, 2.05) is 12.1 Å². The zero-order valence-corrected chi connectivity index (χ0v) is 11.3. The standard InChI is InChI=1S/C15H23NO/c1-12(2)9-10-16-13(3)11-14-5-7-15(17-4)8-6-14/h5-9,13,16H,10-11H2,1-4H3. The molecule has 0 aliphatic rings. The smallest absolute Gasteiger partial charge is 0.118 e. The molecule has 1 atom stereocenters. The van der Waals surface area contributed by atoms with Crippen LogP contribution in [0, 0.1) is 0 Å². The van der Waals surface area contributed by atoms with Crippen LogP contribution in [0.1, 0.15) is 26.3 Å². The lowest BCUT2D eigenvalue weighted by atomic mass is 10.1. The van der Waals surface area contributed by atoms with E-state index in [1.165, 1.54) is 11.1 Å². The molecule has 0 spiro atoms. The van der Waals surface area contributed by atoms with Gasteiger partial charge in [-0.25, -0.2) is 0 Å². The van der Waals surface area contributed by atoms with E-state index >= 15 is 0 Å². The first-order valence-corrected chi connectivity index (χ1v) is 6.11. The van der Waals surface area contributed by atoms with Crippen molar-refractivity contribution in [3.63, 3.8) is 0 Å². The summed E-state index contributed by atoms with van der Waals surface area (Å²) in [7, 11) is 1.69. The van der Waals surface area contributed by atoms with Crippen molar-refractivity contribution in [2.45, 2.75) is 33.2 Å². The molecule has 1 N–H and O–H groups in total. The third-order valence-electron chi connectivity index (χ3n) is 2.68. The minimum atomic E-state index is 0.485. The van der Waals surface area contributed by atoms with Gasteiger partial charge in [0.1, 0.15) is 5.75 Å². The lowest BCUT2D eigenvalue weighted by Gasteiger charge is -2.13. The van der Waals surface area contributed by atoms with Crippen LogP contribution in [0.15, 0.2) is 35.9 Å². The van der Waals surface area contributed by atoms with Crippen LogP contribution in [0.5, 0.6) is 5.75 Å². The van der Waals surface area contributed by atoms with Crippen molar-refractivity contribution < 1.29 is 4.74 Å². The van der Waals surface area contributed by atoms with Crippen molar-refractivity contribution in [2.75, 3.05) is 13.7 Å². The molecular weight excluding hydrogens is 210 g/mol. The number of hydrogen-bond acceptors (Lipinski definition) is 2. The Morgan fingerprint density at radius 1 is 1.29 bits per heavy atom. The Bertz CT molecular complexity index is 350. The molecule has 94 valence electrons. The quantitative estimate of drug-likeness (QED) is 0.762. The number of rotatable bonds is 6. The summed E-state index contributed by atoms with van der Waals surface area (Å²) in [5, 5.41) is 3.48. The van der Waals surface area contributed by atoms with E-state index in [0.29, 0.717) is 6.04 Å². The Balaban J connectivity index is 2.39. The summed E-state index contributed by atoms with van der Waals surface area (Å²) in [5.74, 6) is 0.916. The molecule has 0 aliphatic heterocycles. The predicted molar refractivity (Wildman–Crippen MR) is 73.6 cm³/mol. The summed E-state index contributed by atoms with van der Waals surface area (Å²) >= 11 is 0. The third kappa shape index (κ3) is 5.55. The molecule has 0 amide bonds. The predicted octanol–water partition coefficient (Wildman–Crippen LogP) is 3.18. The molecule has 2 heteroatoms. The number of nitrogens with one attached hydrogen (secondary N) is 1. The molecule has 0 radical (unpaired) electrons. The van der Waals surface area contributed by atoms with Crippen LogP contribution in [0.2, 0.25) is 0 Å². The Kier molecular flexibility index (Phi) is 5.78. The van der Waals surface area contributed by atoms with Gasteiger partial charge in [-0.15, -0.1) is 0 Å². The maximum atomic E-state index is 5.14.